The molecule has 0 aliphatic carbocycles. The van der Waals surface area contributed by atoms with Gasteiger partial charge in [0.1, 0.15) is 5.75 Å². The molecule has 0 aliphatic heterocycles. The first-order valence-corrected chi connectivity index (χ1v) is 6.95. The highest BCUT2D eigenvalue weighted by atomic mass is 16.5. The molecule has 5 nitrogen and oxygen atoms in total. The standard InChI is InChI=1S/C16H23NO4/c1-21-16-6-5-14(4-2-3-9-18)12-15(16)13-17(7-10-19)8-11-20/h5-6,12,18-20H,3,7-11,13H2,1H3. The molecular weight excluding hydrogens is 270 g/mol. The molecule has 0 spiro atoms. The number of ether oxygens (including phenoxy) is 1. The molecule has 5 heteroatoms. The zero-order valence-electron chi connectivity index (χ0n) is 12.4. The summed E-state index contributed by atoms with van der Waals surface area (Å²) in [6.45, 7) is 1.68. The van der Waals surface area contributed by atoms with E-state index < -0.39 is 0 Å². The first-order valence-electron chi connectivity index (χ1n) is 6.95. The van der Waals surface area contributed by atoms with Gasteiger partial charge in [0.15, 0.2) is 0 Å². The largest absolute Gasteiger partial charge is 0.496 e. The Labute approximate surface area is 125 Å². The molecule has 0 saturated carbocycles. The van der Waals surface area contributed by atoms with Crippen molar-refractivity contribution in [2.45, 2.75) is 13.0 Å². The molecule has 116 valence electrons. The summed E-state index contributed by atoms with van der Waals surface area (Å²) in [7, 11) is 1.61. The smallest absolute Gasteiger partial charge is 0.123 e. The van der Waals surface area contributed by atoms with Crippen LogP contribution < -0.4 is 4.74 Å². The molecule has 0 unspecified atom stereocenters. The highest BCUT2D eigenvalue weighted by Crippen LogP contribution is 2.21. The molecule has 3 N–H and O–H groups in total. The molecule has 1 aromatic carbocycles. The number of hydrogen-bond acceptors (Lipinski definition) is 5. The van der Waals surface area contributed by atoms with Crippen LogP contribution in [0.3, 0.4) is 0 Å². The lowest BCUT2D eigenvalue weighted by molar-refractivity contribution is 0.155. The Kier molecular flexibility index (Phi) is 8.48. The summed E-state index contributed by atoms with van der Waals surface area (Å²) in [6.07, 6.45) is 0.447. The summed E-state index contributed by atoms with van der Waals surface area (Å²) in [6, 6.07) is 5.66. The number of rotatable bonds is 8. The quantitative estimate of drug-likeness (QED) is 0.598. The van der Waals surface area contributed by atoms with Gasteiger partial charge in [-0.05, 0) is 18.2 Å². The van der Waals surface area contributed by atoms with E-state index in [0.29, 0.717) is 26.1 Å². The van der Waals surface area contributed by atoms with Gasteiger partial charge in [-0.2, -0.15) is 0 Å². The van der Waals surface area contributed by atoms with Crippen LogP contribution >= 0.6 is 0 Å². The summed E-state index contributed by atoms with van der Waals surface area (Å²) in [4.78, 5) is 1.95. The number of hydrogen-bond donors (Lipinski definition) is 3. The van der Waals surface area contributed by atoms with Gasteiger partial charge in [0.05, 0.1) is 26.9 Å². The van der Waals surface area contributed by atoms with Crippen LogP contribution in [0.2, 0.25) is 0 Å². The van der Waals surface area contributed by atoms with Crippen molar-refractivity contribution in [1.82, 2.24) is 4.90 Å². The highest BCUT2D eigenvalue weighted by Gasteiger charge is 2.10. The Hall–Kier alpha value is -1.58. The Balaban J connectivity index is 2.91. The second-order valence-electron chi connectivity index (χ2n) is 4.53. The third kappa shape index (κ3) is 6.15. The lowest BCUT2D eigenvalue weighted by atomic mass is 10.1. The van der Waals surface area contributed by atoms with E-state index in [1.165, 1.54) is 0 Å². The van der Waals surface area contributed by atoms with E-state index in [0.717, 1.165) is 16.9 Å². The second kappa shape index (κ2) is 10.2. The maximum absolute atomic E-state index is 9.07. The zero-order chi connectivity index (χ0) is 15.5. The van der Waals surface area contributed by atoms with Crippen LogP contribution in [0, 0.1) is 11.8 Å². The Bertz CT molecular complexity index is 473. The lowest BCUT2D eigenvalue weighted by Crippen LogP contribution is -2.29. The molecule has 0 heterocycles. The number of methoxy groups -OCH3 is 1. The molecule has 0 aromatic heterocycles. The lowest BCUT2D eigenvalue weighted by Gasteiger charge is -2.21. The van der Waals surface area contributed by atoms with E-state index in [9.17, 15) is 0 Å². The summed E-state index contributed by atoms with van der Waals surface area (Å²) in [5, 5.41) is 26.9. The molecule has 0 saturated heterocycles. The fourth-order valence-corrected chi connectivity index (χ4v) is 1.99. The van der Waals surface area contributed by atoms with Gasteiger partial charge >= 0.3 is 0 Å². The minimum Gasteiger partial charge on any atom is -0.496 e. The molecular formula is C16H23NO4. The van der Waals surface area contributed by atoms with Crippen molar-refractivity contribution in [2.24, 2.45) is 0 Å². The third-order valence-electron chi connectivity index (χ3n) is 2.98. The maximum Gasteiger partial charge on any atom is 0.123 e. The van der Waals surface area contributed by atoms with Crippen LogP contribution in [-0.2, 0) is 6.54 Å². The molecule has 0 radical (unpaired) electrons. The van der Waals surface area contributed by atoms with Gasteiger partial charge in [0.25, 0.3) is 0 Å². The Morgan fingerprint density at radius 3 is 2.38 bits per heavy atom. The molecule has 1 aromatic rings. The maximum atomic E-state index is 9.07. The molecule has 0 atom stereocenters. The van der Waals surface area contributed by atoms with Crippen LogP contribution in [0.4, 0.5) is 0 Å². The van der Waals surface area contributed by atoms with Crippen molar-refractivity contribution in [2.75, 3.05) is 40.0 Å². The summed E-state index contributed by atoms with van der Waals surface area (Å²) in [5.41, 5.74) is 1.81. The van der Waals surface area contributed by atoms with Crippen LogP contribution in [0.1, 0.15) is 17.5 Å². The fraction of sp³-hybridized carbons (Fsp3) is 0.500. The van der Waals surface area contributed by atoms with Crippen molar-refractivity contribution in [3.8, 4) is 17.6 Å². The van der Waals surface area contributed by atoms with Gasteiger partial charge in [-0.1, -0.05) is 11.8 Å². The predicted molar refractivity (Wildman–Crippen MR) is 81.0 cm³/mol. The number of aliphatic hydroxyl groups excluding tert-OH is 3. The summed E-state index contributed by atoms with van der Waals surface area (Å²) in [5.74, 6) is 6.63. The van der Waals surface area contributed by atoms with Crippen LogP contribution in [0.5, 0.6) is 5.75 Å². The number of nitrogens with zero attached hydrogens (tertiary/aromatic N) is 1. The van der Waals surface area contributed by atoms with Gasteiger partial charge in [0.2, 0.25) is 0 Å². The number of benzene rings is 1. The first-order chi connectivity index (χ1) is 10.2. The third-order valence-corrected chi connectivity index (χ3v) is 2.98. The van der Waals surface area contributed by atoms with Gasteiger partial charge in [-0.15, -0.1) is 0 Å². The molecule has 0 bridgehead atoms. The van der Waals surface area contributed by atoms with Crippen molar-refractivity contribution in [3.63, 3.8) is 0 Å². The minimum atomic E-state index is 0.0400. The fourth-order valence-electron chi connectivity index (χ4n) is 1.99. The topological polar surface area (TPSA) is 73.2 Å². The van der Waals surface area contributed by atoms with Crippen molar-refractivity contribution >= 4 is 0 Å². The number of aliphatic hydroxyl groups is 3. The van der Waals surface area contributed by atoms with Crippen molar-refractivity contribution in [3.05, 3.63) is 29.3 Å². The predicted octanol–water partition coefficient (Wildman–Crippen LogP) is 0.216. The summed E-state index contributed by atoms with van der Waals surface area (Å²) < 4.78 is 5.34. The Morgan fingerprint density at radius 1 is 1.10 bits per heavy atom. The van der Waals surface area contributed by atoms with Crippen LogP contribution in [0.15, 0.2) is 18.2 Å². The molecule has 1 rings (SSSR count). The Morgan fingerprint density at radius 2 is 1.81 bits per heavy atom. The van der Waals surface area contributed by atoms with E-state index in [4.69, 9.17) is 20.1 Å². The van der Waals surface area contributed by atoms with E-state index >= 15 is 0 Å². The second-order valence-corrected chi connectivity index (χ2v) is 4.53. The monoisotopic (exact) mass is 293 g/mol. The normalized spacial score (nSPS) is 10.3. The van der Waals surface area contributed by atoms with Crippen molar-refractivity contribution in [1.29, 1.82) is 0 Å². The minimum absolute atomic E-state index is 0.0400. The SMILES string of the molecule is COc1ccc(C#CCCO)cc1CN(CCO)CCO. The van der Waals surface area contributed by atoms with E-state index in [2.05, 4.69) is 11.8 Å². The molecule has 21 heavy (non-hydrogen) atoms. The van der Waals surface area contributed by atoms with Gasteiger partial charge in [0, 0.05) is 37.2 Å². The molecule has 0 aliphatic rings. The van der Waals surface area contributed by atoms with Crippen LogP contribution in [0.25, 0.3) is 0 Å². The van der Waals surface area contributed by atoms with E-state index in [-0.39, 0.29) is 19.8 Å². The van der Waals surface area contributed by atoms with Gasteiger partial charge < -0.3 is 20.1 Å². The highest BCUT2D eigenvalue weighted by molar-refractivity contribution is 5.44. The first kappa shape index (κ1) is 17.5. The average molecular weight is 293 g/mol. The average Bonchev–Trinajstić information content (AvgIpc) is 2.48. The van der Waals surface area contributed by atoms with E-state index in [1.54, 1.807) is 7.11 Å². The molecule has 0 fully saturated rings. The van der Waals surface area contributed by atoms with Gasteiger partial charge in [-0.3, -0.25) is 4.90 Å². The van der Waals surface area contributed by atoms with Crippen molar-refractivity contribution < 1.29 is 20.1 Å². The zero-order valence-corrected chi connectivity index (χ0v) is 12.4. The van der Waals surface area contributed by atoms with Crippen LogP contribution in [-0.4, -0.2) is 60.2 Å². The molecule has 0 amide bonds. The van der Waals surface area contributed by atoms with E-state index in [1.807, 2.05) is 23.1 Å². The van der Waals surface area contributed by atoms with Gasteiger partial charge in [-0.25, -0.2) is 0 Å². The summed E-state index contributed by atoms with van der Waals surface area (Å²) >= 11 is 0.